The Balaban J connectivity index is 2.35. The van der Waals surface area contributed by atoms with Crippen molar-refractivity contribution in [1.82, 2.24) is 0 Å². The minimum Gasteiger partial charge on any atom is -0.493 e. The molecule has 0 bridgehead atoms. The van der Waals surface area contributed by atoms with Crippen LogP contribution in [0, 0.1) is 0 Å². The van der Waals surface area contributed by atoms with Crippen molar-refractivity contribution in [3.63, 3.8) is 0 Å². The van der Waals surface area contributed by atoms with Gasteiger partial charge in [0.05, 0.1) is 6.61 Å². The molecule has 1 heteroatoms. The van der Waals surface area contributed by atoms with Crippen LogP contribution >= 0.6 is 0 Å². The molecule has 1 aliphatic rings. The molecule has 1 aromatic carbocycles. The third kappa shape index (κ3) is 1.59. The normalized spacial score (nSPS) is 16.1. The molecule has 0 saturated heterocycles. The first-order chi connectivity index (χ1) is 6.42. The van der Waals surface area contributed by atoms with Crippen molar-refractivity contribution in [2.45, 2.75) is 19.8 Å². The Labute approximate surface area is 79.0 Å². The second kappa shape index (κ2) is 3.65. The van der Waals surface area contributed by atoms with E-state index in [0.29, 0.717) is 0 Å². The Hall–Kier alpha value is -1.24. The van der Waals surface area contributed by atoms with Crippen molar-refractivity contribution in [3.8, 4) is 0 Å². The van der Waals surface area contributed by atoms with Crippen LogP contribution < -0.4 is 0 Å². The standard InChI is InChI=1S/C12H14O/c1-2-10-8-9-13-12(10)11-6-4-3-5-7-11/h3-7H,2,8-9H2,1H3. The molecule has 0 radical (unpaired) electrons. The highest BCUT2D eigenvalue weighted by atomic mass is 16.5. The van der Waals surface area contributed by atoms with E-state index in [1.165, 1.54) is 11.1 Å². The van der Waals surface area contributed by atoms with Gasteiger partial charge in [-0.3, -0.25) is 0 Å². The van der Waals surface area contributed by atoms with Crippen LogP contribution in [0.25, 0.3) is 5.76 Å². The summed E-state index contributed by atoms with van der Waals surface area (Å²) < 4.78 is 5.62. The van der Waals surface area contributed by atoms with Crippen LogP contribution in [0.4, 0.5) is 0 Å². The maximum absolute atomic E-state index is 5.62. The van der Waals surface area contributed by atoms with Crippen molar-refractivity contribution < 1.29 is 4.74 Å². The number of benzene rings is 1. The molecule has 0 saturated carbocycles. The molecular formula is C12H14O. The predicted octanol–water partition coefficient (Wildman–Crippen LogP) is 3.23. The van der Waals surface area contributed by atoms with E-state index in [-0.39, 0.29) is 0 Å². The van der Waals surface area contributed by atoms with Gasteiger partial charge in [0.15, 0.2) is 0 Å². The van der Waals surface area contributed by atoms with E-state index >= 15 is 0 Å². The first-order valence-electron chi connectivity index (χ1n) is 4.82. The van der Waals surface area contributed by atoms with Gasteiger partial charge in [-0.1, -0.05) is 37.3 Å². The van der Waals surface area contributed by atoms with Gasteiger partial charge in [0, 0.05) is 12.0 Å². The molecule has 0 amide bonds. The van der Waals surface area contributed by atoms with E-state index in [9.17, 15) is 0 Å². The van der Waals surface area contributed by atoms with E-state index in [1.54, 1.807) is 0 Å². The maximum atomic E-state index is 5.62. The third-order valence-electron chi connectivity index (χ3n) is 2.43. The lowest BCUT2D eigenvalue weighted by Crippen LogP contribution is -1.85. The van der Waals surface area contributed by atoms with Gasteiger partial charge in [-0.15, -0.1) is 0 Å². The summed E-state index contributed by atoms with van der Waals surface area (Å²) in [5.74, 6) is 1.11. The summed E-state index contributed by atoms with van der Waals surface area (Å²) in [6.07, 6.45) is 2.20. The van der Waals surface area contributed by atoms with Crippen LogP contribution in [0.15, 0.2) is 35.9 Å². The largest absolute Gasteiger partial charge is 0.493 e. The summed E-state index contributed by atoms with van der Waals surface area (Å²) in [4.78, 5) is 0. The molecule has 1 aromatic rings. The van der Waals surface area contributed by atoms with E-state index in [0.717, 1.165) is 25.2 Å². The summed E-state index contributed by atoms with van der Waals surface area (Å²) in [5, 5.41) is 0. The summed E-state index contributed by atoms with van der Waals surface area (Å²) in [5.41, 5.74) is 2.67. The second-order valence-electron chi connectivity index (χ2n) is 3.25. The van der Waals surface area contributed by atoms with Gasteiger partial charge in [0.1, 0.15) is 5.76 Å². The third-order valence-corrected chi connectivity index (χ3v) is 2.43. The van der Waals surface area contributed by atoms with Gasteiger partial charge in [-0.05, 0) is 12.0 Å². The Kier molecular flexibility index (Phi) is 2.35. The Morgan fingerprint density at radius 3 is 2.69 bits per heavy atom. The number of hydrogen-bond acceptors (Lipinski definition) is 1. The fourth-order valence-electron chi connectivity index (χ4n) is 1.71. The van der Waals surface area contributed by atoms with Crippen LogP contribution in [0.2, 0.25) is 0 Å². The van der Waals surface area contributed by atoms with Gasteiger partial charge < -0.3 is 4.74 Å². The van der Waals surface area contributed by atoms with Crippen molar-refractivity contribution in [2.24, 2.45) is 0 Å². The van der Waals surface area contributed by atoms with Gasteiger partial charge >= 0.3 is 0 Å². The predicted molar refractivity (Wildman–Crippen MR) is 54.2 cm³/mol. The second-order valence-corrected chi connectivity index (χ2v) is 3.25. The highest BCUT2D eigenvalue weighted by Gasteiger charge is 2.15. The van der Waals surface area contributed by atoms with Crippen molar-refractivity contribution in [3.05, 3.63) is 41.5 Å². The SMILES string of the molecule is CCC1=C(c2ccccc2)OCC1. The van der Waals surface area contributed by atoms with Crippen LogP contribution in [0.3, 0.4) is 0 Å². The topological polar surface area (TPSA) is 9.23 Å². The fourth-order valence-corrected chi connectivity index (χ4v) is 1.71. The fraction of sp³-hybridized carbons (Fsp3) is 0.333. The molecule has 1 heterocycles. The zero-order valence-electron chi connectivity index (χ0n) is 7.92. The van der Waals surface area contributed by atoms with Gasteiger partial charge in [0.25, 0.3) is 0 Å². The number of hydrogen-bond donors (Lipinski definition) is 0. The van der Waals surface area contributed by atoms with Gasteiger partial charge in [0.2, 0.25) is 0 Å². The van der Waals surface area contributed by atoms with Crippen LogP contribution in [-0.4, -0.2) is 6.61 Å². The molecule has 1 nitrogen and oxygen atoms in total. The molecule has 68 valence electrons. The molecular weight excluding hydrogens is 160 g/mol. The smallest absolute Gasteiger partial charge is 0.125 e. The molecule has 2 rings (SSSR count). The molecule has 0 aromatic heterocycles. The Morgan fingerprint density at radius 2 is 2.00 bits per heavy atom. The lowest BCUT2D eigenvalue weighted by molar-refractivity contribution is 0.307. The van der Waals surface area contributed by atoms with Gasteiger partial charge in [-0.2, -0.15) is 0 Å². The highest BCUT2D eigenvalue weighted by Crippen LogP contribution is 2.29. The zero-order chi connectivity index (χ0) is 9.10. The zero-order valence-corrected chi connectivity index (χ0v) is 7.92. The van der Waals surface area contributed by atoms with E-state index in [4.69, 9.17) is 4.74 Å². The van der Waals surface area contributed by atoms with E-state index in [1.807, 2.05) is 6.07 Å². The van der Waals surface area contributed by atoms with Gasteiger partial charge in [-0.25, -0.2) is 0 Å². The molecule has 0 N–H and O–H groups in total. The van der Waals surface area contributed by atoms with Crippen LogP contribution in [0.1, 0.15) is 25.3 Å². The average Bonchev–Trinajstić information content (AvgIpc) is 2.67. The molecule has 0 spiro atoms. The average molecular weight is 174 g/mol. The van der Waals surface area contributed by atoms with Crippen molar-refractivity contribution in [2.75, 3.05) is 6.61 Å². The minimum atomic E-state index is 0.855. The quantitative estimate of drug-likeness (QED) is 0.668. The van der Waals surface area contributed by atoms with Crippen molar-refractivity contribution in [1.29, 1.82) is 0 Å². The summed E-state index contributed by atoms with van der Waals surface area (Å²) in [6.45, 7) is 3.04. The first kappa shape index (κ1) is 8.36. The molecule has 1 aliphatic heterocycles. The summed E-state index contributed by atoms with van der Waals surface area (Å²) in [6, 6.07) is 10.4. The van der Waals surface area contributed by atoms with Crippen LogP contribution in [0.5, 0.6) is 0 Å². The Morgan fingerprint density at radius 1 is 1.23 bits per heavy atom. The Bertz CT molecular complexity index is 311. The van der Waals surface area contributed by atoms with Crippen LogP contribution in [-0.2, 0) is 4.74 Å². The lowest BCUT2D eigenvalue weighted by atomic mass is 10.1. The van der Waals surface area contributed by atoms with Crippen molar-refractivity contribution >= 4 is 5.76 Å². The van der Waals surface area contributed by atoms with E-state index in [2.05, 4.69) is 31.2 Å². The molecule has 0 unspecified atom stereocenters. The minimum absolute atomic E-state index is 0.855. The van der Waals surface area contributed by atoms with E-state index < -0.39 is 0 Å². The maximum Gasteiger partial charge on any atom is 0.125 e. The molecule has 0 atom stereocenters. The number of ether oxygens (including phenoxy) is 1. The lowest BCUT2D eigenvalue weighted by Gasteiger charge is -2.04. The molecule has 13 heavy (non-hydrogen) atoms. The monoisotopic (exact) mass is 174 g/mol. The highest BCUT2D eigenvalue weighted by molar-refractivity contribution is 5.64. The molecule has 0 fully saturated rings. The summed E-state index contributed by atoms with van der Waals surface area (Å²) in [7, 11) is 0. The first-order valence-corrected chi connectivity index (χ1v) is 4.82. The summed E-state index contributed by atoms with van der Waals surface area (Å²) >= 11 is 0. The molecule has 0 aliphatic carbocycles. The number of rotatable bonds is 2.